The van der Waals surface area contributed by atoms with E-state index in [1.807, 2.05) is 20.8 Å². The maximum absolute atomic E-state index is 12.6. The lowest BCUT2D eigenvalue weighted by atomic mass is 10.0. The first-order valence-corrected chi connectivity index (χ1v) is 10.6. The summed E-state index contributed by atoms with van der Waals surface area (Å²) in [6.07, 6.45) is 2.34. The molecule has 0 radical (unpaired) electrons. The molecule has 146 valence electrons. The fraction of sp³-hybridized carbons (Fsp3) is 0.429. The second kappa shape index (κ2) is 7.54. The van der Waals surface area contributed by atoms with E-state index in [4.69, 9.17) is 0 Å². The average Bonchev–Trinajstić information content (AvgIpc) is 3.44. The number of rotatable bonds is 6. The minimum absolute atomic E-state index is 0.0124. The number of aryl methyl sites for hydroxylation is 3. The largest absolute Gasteiger partial charge is 0.348 e. The molecule has 1 fully saturated rings. The van der Waals surface area contributed by atoms with Gasteiger partial charge in [0.05, 0.1) is 11.8 Å². The van der Waals surface area contributed by atoms with Gasteiger partial charge in [-0.3, -0.25) is 4.79 Å². The summed E-state index contributed by atoms with van der Waals surface area (Å²) in [5.41, 5.74) is 5.50. The Bertz CT molecular complexity index is 1020. The van der Waals surface area contributed by atoms with Crippen molar-refractivity contribution in [1.29, 1.82) is 0 Å². The monoisotopic (exact) mass is 395 g/mol. The normalized spacial score (nSPS) is 15.0. The van der Waals surface area contributed by atoms with E-state index in [0.717, 1.165) is 17.0 Å². The topological polar surface area (TPSA) is 72.2 Å². The molecule has 1 aliphatic carbocycles. The van der Waals surface area contributed by atoms with E-state index in [0.29, 0.717) is 22.6 Å². The number of hydrogen-bond donors (Lipinski definition) is 1. The van der Waals surface area contributed by atoms with Gasteiger partial charge in [-0.15, -0.1) is 5.10 Å². The molecule has 2 aromatic heterocycles. The molecular formula is C21H25N5OS. The Morgan fingerprint density at radius 1 is 1.18 bits per heavy atom. The molecule has 2 heterocycles. The fourth-order valence-electron chi connectivity index (χ4n) is 3.32. The zero-order valence-electron chi connectivity index (χ0n) is 16.7. The summed E-state index contributed by atoms with van der Waals surface area (Å²) in [7, 11) is 0. The van der Waals surface area contributed by atoms with E-state index in [-0.39, 0.29) is 11.9 Å². The average molecular weight is 396 g/mol. The standard InChI is InChI=1S/C21H25N5OS/c1-12-5-7-16(8-6-12)19(17-9-10-17)23-18(27)11-28-21-24-20-22-14(3)13(2)15(4)26(20)25-21/h5-8,17,19H,9-11H2,1-4H3,(H,23,27)/t19-/m0/s1. The van der Waals surface area contributed by atoms with Crippen LogP contribution in [0.5, 0.6) is 0 Å². The van der Waals surface area contributed by atoms with Gasteiger partial charge in [0.25, 0.3) is 5.78 Å². The van der Waals surface area contributed by atoms with Crippen LogP contribution >= 0.6 is 11.8 Å². The second-order valence-corrected chi connectivity index (χ2v) is 8.54. The highest BCUT2D eigenvalue weighted by molar-refractivity contribution is 7.99. The van der Waals surface area contributed by atoms with E-state index in [1.54, 1.807) is 4.52 Å². The minimum Gasteiger partial charge on any atom is -0.348 e. The van der Waals surface area contributed by atoms with Crippen LogP contribution in [-0.2, 0) is 4.79 Å². The Hall–Kier alpha value is -2.41. The zero-order chi connectivity index (χ0) is 19.8. The van der Waals surface area contributed by atoms with Crippen LogP contribution in [0.25, 0.3) is 5.78 Å². The van der Waals surface area contributed by atoms with Crippen LogP contribution < -0.4 is 5.32 Å². The van der Waals surface area contributed by atoms with Gasteiger partial charge in [0.15, 0.2) is 0 Å². The number of carbonyl (C=O) groups excluding carboxylic acids is 1. The molecule has 6 nitrogen and oxygen atoms in total. The van der Waals surface area contributed by atoms with Gasteiger partial charge in [-0.05, 0) is 57.6 Å². The number of nitrogens with zero attached hydrogens (tertiary/aromatic N) is 4. The molecule has 0 saturated heterocycles. The molecule has 1 amide bonds. The Morgan fingerprint density at radius 3 is 2.57 bits per heavy atom. The highest BCUT2D eigenvalue weighted by Gasteiger charge is 2.33. The third kappa shape index (κ3) is 3.90. The first-order chi connectivity index (χ1) is 13.4. The van der Waals surface area contributed by atoms with Gasteiger partial charge in [0.2, 0.25) is 11.1 Å². The molecule has 0 spiro atoms. The molecule has 1 aliphatic rings. The SMILES string of the molecule is Cc1ccc([C@H](NC(=O)CSc2nc3nc(C)c(C)c(C)n3n2)C2CC2)cc1. The summed E-state index contributed by atoms with van der Waals surface area (Å²) < 4.78 is 1.75. The number of aromatic nitrogens is 4. The van der Waals surface area contributed by atoms with Crippen molar-refractivity contribution in [3.63, 3.8) is 0 Å². The molecule has 0 bridgehead atoms. The zero-order valence-corrected chi connectivity index (χ0v) is 17.5. The van der Waals surface area contributed by atoms with Crippen LogP contribution in [0, 0.1) is 33.6 Å². The van der Waals surface area contributed by atoms with Crippen LogP contribution in [0.3, 0.4) is 0 Å². The quantitative estimate of drug-likeness (QED) is 0.644. The predicted molar refractivity (Wildman–Crippen MR) is 111 cm³/mol. The number of nitrogens with one attached hydrogen (secondary N) is 1. The number of thioether (sulfide) groups is 1. The van der Waals surface area contributed by atoms with Crippen molar-refractivity contribution in [2.75, 3.05) is 5.75 Å². The van der Waals surface area contributed by atoms with Crippen LogP contribution in [-0.4, -0.2) is 31.2 Å². The van der Waals surface area contributed by atoms with Gasteiger partial charge in [-0.2, -0.15) is 4.98 Å². The second-order valence-electron chi connectivity index (χ2n) is 7.60. The Labute approximate surface area is 169 Å². The molecule has 0 unspecified atom stereocenters. The lowest BCUT2D eigenvalue weighted by molar-refractivity contribution is -0.119. The summed E-state index contributed by atoms with van der Waals surface area (Å²) in [6, 6.07) is 8.54. The van der Waals surface area contributed by atoms with E-state index < -0.39 is 0 Å². The third-order valence-corrected chi connectivity index (χ3v) is 6.26. The molecule has 0 aliphatic heterocycles. The molecule has 3 aromatic rings. The van der Waals surface area contributed by atoms with Crippen molar-refractivity contribution in [2.45, 2.75) is 51.7 Å². The van der Waals surface area contributed by atoms with E-state index >= 15 is 0 Å². The van der Waals surface area contributed by atoms with Crippen molar-refractivity contribution in [3.05, 3.63) is 52.3 Å². The molecular weight excluding hydrogens is 370 g/mol. The van der Waals surface area contributed by atoms with Crippen molar-refractivity contribution in [1.82, 2.24) is 24.9 Å². The van der Waals surface area contributed by atoms with Crippen molar-refractivity contribution >= 4 is 23.4 Å². The minimum atomic E-state index is 0.0124. The third-order valence-electron chi connectivity index (χ3n) is 5.42. The van der Waals surface area contributed by atoms with Gasteiger partial charge < -0.3 is 5.32 Å². The maximum atomic E-state index is 12.6. The number of benzene rings is 1. The van der Waals surface area contributed by atoms with Gasteiger partial charge >= 0.3 is 0 Å². The van der Waals surface area contributed by atoms with Crippen LogP contribution in [0.4, 0.5) is 0 Å². The van der Waals surface area contributed by atoms with Gasteiger partial charge in [-0.1, -0.05) is 41.6 Å². The highest BCUT2D eigenvalue weighted by atomic mass is 32.2. The van der Waals surface area contributed by atoms with Crippen molar-refractivity contribution in [2.24, 2.45) is 5.92 Å². The van der Waals surface area contributed by atoms with Crippen LogP contribution in [0.1, 0.15) is 47.0 Å². The first kappa shape index (κ1) is 18.9. The highest BCUT2D eigenvalue weighted by Crippen LogP contribution is 2.41. The molecule has 28 heavy (non-hydrogen) atoms. The Morgan fingerprint density at radius 2 is 1.89 bits per heavy atom. The van der Waals surface area contributed by atoms with Crippen LogP contribution in [0.15, 0.2) is 29.4 Å². The smallest absolute Gasteiger partial charge is 0.253 e. The van der Waals surface area contributed by atoms with Crippen LogP contribution in [0.2, 0.25) is 0 Å². The molecule has 1 aromatic carbocycles. The molecule has 4 rings (SSSR count). The first-order valence-electron chi connectivity index (χ1n) is 9.61. The number of carbonyl (C=O) groups is 1. The summed E-state index contributed by atoms with van der Waals surface area (Å²) >= 11 is 1.35. The maximum Gasteiger partial charge on any atom is 0.253 e. The van der Waals surface area contributed by atoms with E-state index in [9.17, 15) is 4.79 Å². The van der Waals surface area contributed by atoms with Crippen molar-refractivity contribution in [3.8, 4) is 0 Å². The number of fused-ring (bicyclic) bond motifs is 1. The number of amides is 1. The predicted octanol–water partition coefficient (Wildman–Crippen LogP) is 3.72. The van der Waals surface area contributed by atoms with E-state index in [1.165, 1.54) is 35.7 Å². The van der Waals surface area contributed by atoms with Crippen molar-refractivity contribution < 1.29 is 4.79 Å². The lowest BCUT2D eigenvalue weighted by Crippen LogP contribution is -2.31. The summed E-state index contributed by atoms with van der Waals surface area (Å²) in [5.74, 6) is 1.43. The fourth-order valence-corrected chi connectivity index (χ4v) is 3.95. The lowest BCUT2D eigenvalue weighted by Gasteiger charge is -2.18. The Kier molecular flexibility index (Phi) is 5.10. The molecule has 7 heteroatoms. The summed E-state index contributed by atoms with van der Waals surface area (Å²) in [5, 5.41) is 8.30. The van der Waals surface area contributed by atoms with E-state index in [2.05, 4.69) is 51.6 Å². The summed E-state index contributed by atoms with van der Waals surface area (Å²) in [4.78, 5) is 21.5. The van der Waals surface area contributed by atoms with Gasteiger partial charge in [0.1, 0.15) is 0 Å². The molecule has 1 N–H and O–H groups in total. The molecule has 1 saturated carbocycles. The van der Waals surface area contributed by atoms with Gasteiger partial charge in [0, 0.05) is 11.4 Å². The molecule has 1 atom stereocenters. The van der Waals surface area contributed by atoms with Gasteiger partial charge in [-0.25, -0.2) is 9.50 Å². The summed E-state index contributed by atoms with van der Waals surface area (Å²) in [6.45, 7) is 8.09. The number of hydrogen-bond acceptors (Lipinski definition) is 5. The Balaban J connectivity index is 1.43.